The maximum absolute atomic E-state index is 5.26. The van der Waals surface area contributed by atoms with Crippen LogP contribution >= 0.6 is 11.3 Å². The number of hydrogen-bond acceptors (Lipinski definition) is 3. The highest BCUT2D eigenvalue weighted by atomic mass is 32.1. The van der Waals surface area contributed by atoms with Crippen molar-refractivity contribution < 1.29 is 0 Å². The lowest BCUT2D eigenvalue weighted by Gasteiger charge is -2.08. The quantitative estimate of drug-likeness (QED) is 0.188. The van der Waals surface area contributed by atoms with E-state index in [0.29, 0.717) is 0 Å². The highest BCUT2D eigenvalue weighted by Gasteiger charge is 2.24. The fourth-order valence-corrected chi connectivity index (χ4v) is 9.52. The Kier molecular flexibility index (Phi) is 4.83. The predicted molar refractivity (Wildman–Crippen MR) is 207 cm³/mol. The number of para-hydroxylation sites is 4. The highest BCUT2D eigenvalue weighted by Crippen LogP contribution is 2.47. The second-order valence-electron chi connectivity index (χ2n) is 13.0. The van der Waals surface area contributed by atoms with Gasteiger partial charge in [0.2, 0.25) is 0 Å². The Morgan fingerprint density at radius 1 is 0.469 bits per heavy atom. The lowest BCUT2D eigenvalue weighted by Crippen LogP contribution is -1.92. The predicted octanol–water partition coefficient (Wildman–Crippen LogP) is 11.9. The van der Waals surface area contributed by atoms with Crippen LogP contribution in [0.4, 0.5) is 0 Å². The van der Waals surface area contributed by atoms with Crippen LogP contribution in [0.15, 0.2) is 146 Å². The van der Waals surface area contributed by atoms with Gasteiger partial charge in [0.05, 0.1) is 33.1 Å². The van der Waals surface area contributed by atoms with E-state index in [1.54, 1.807) is 0 Å². The van der Waals surface area contributed by atoms with Gasteiger partial charge in [0, 0.05) is 52.8 Å². The van der Waals surface area contributed by atoms with Gasteiger partial charge in [0.15, 0.2) is 5.65 Å². The zero-order valence-corrected chi connectivity index (χ0v) is 26.9. The summed E-state index contributed by atoms with van der Waals surface area (Å²) in [5.74, 6) is 0. The molecule has 5 heterocycles. The minimum atomic E-state index is 0.913. The monoisotopic (exact) mass is 640 g/mol. The summed E-state index contributed by atoms with van der Waals surface area (Å²) in [7, 11) is 0. The van der Waals surface area contributed by atoms with Gasteiger partial charge in [-0.15, -0.1) is 11.3 Å². The number of aromatic nitrogens is 4. The second kappa shape index (κ2) is 9.19. The standard InChI is InChI=1S/C44H24N4S/c1-2-10-27(11-3-1)47-36-16-8-4-12-28(36)30-22-25(18-20-37(30)47)26-19-21-38-31(23-26)32-24-33-29-13-5-9-17-39(29)49-43(33)40-41-44(48(38)42(32)40)46-35-15-7-6-14-34(35)45-41/h1-24H. The average molecular weight is 641 g/mol. The number of hydrogen-bond donors (Lipinski definition) is 0. The molecule has 7 aromatic carbocycles. The maximum Gasteiger partial charge on any atom is 0.165 e. The molecular weight excluding hydrogens is 617 g/mol. The van der Waals surface area contributed by atoms with Crippen molar-refractivity contribution in [3.05, 3.63) is 146 Å². The number of nitrogens with zero attached hydrogens (tertiary/aromatic N) is 4. The molecule has 0 spiro atoms. The molecule has 4 nitrogen and oxygen atoms in total. The van der Waals surface area contributed by atoms with E-state index in [2.05, 4.69) is 142 Å². The van der Waals surface area contributed by atoms with Crippen molar-refractivity contribution in [1.82, 2.24) is 18.9 Å². The van der Waals surface area contributed by atoms with E-state index in [9.17, 15) is 0 Å². The van der Waals surface area contributed by atoms with E-state index in [0.717, 1.165) is 27.7 Å². The fraction of sp³-hybridized carbons (Fsp3) is 0. The molecule has 49 heavy (non-hydrogen) atoms. The second-order valence-corrected chi connectivity index (χ2v) is 14.0. The molecule has 12 aromatic rings. The molecule has 5 heteroatoms. The van der Waals surface area contributed by atoms with Crippen LogP contribution in [0.3, 0.4) is 0 Å². The molecule has 0 radical (unpaired) electrons. The smallest absolute Gasteiger partial charge is 0.165 e. The first-order valence-electron chi connectivity index (χ1n) is 16.6. The van der Waals surface area contributed by atoms with E-state index >= 15 is 0 Å². The van der Waals surface area contributed by atoms with Gasteiger partial charge in [-0.2, -0.15) is 0 Å². The third-order valence-electron chi connectivity index (χ3n) is 10.4. The van der Waals surface area contributed by atoms with Gasteiger partial charge >= 0.3 is 0 Å². The summed E-state index contributed by atoms with van der Waals surface area (Å²) in [4.78, 5) is 10.5. The summed E-state index contributed by atoms with van der Waals surface area (Å²) < 4.78 is 7.31. The topological polar surface area (TPSA) is 35.1 Å². The Morgan fingerprint density at radius 2 is 1.12 bits per heavy atom. The van der Waals surface area contributed by atoms with Gasteiger partial charge in [-0.1, -0.05) is 78.9 Å². The van der Waals surface area contributed by atoms with Gasteiger partial charge < -0.3 is 4.57 Å². The molecule has 0 saturated carbocycles. The number of rotatable bonds is 2. The zero-order chi connectivity index (χ0) is 31.8. The van der Waals surface area contributed by atoms with Crippen molar-refractivity contribution >= 4 is 103 Å². The van der Waals surface area contributed by atoms with Crippen LogP contribution in [0, 0.1) is 0 Å². The van der Waals surface area contributed by atoms with Crippen molar-refractivity contribution in [3.8, 4) is 16.8 Å². The third-order valence-corrected chi connectivity index (χ3v) is 11.6. The van der Waals surface area contributed by atoms with E-state index in [1.807, 2.05) is 23.5 Å². The highest BCUT2D eigenvalue weighted by molar-refractivity contribution is 7.26. The lowest BCUT2D eigenvalue weighted by molar-refractivity contribution is 1.18. The van der Waals surface area contributed by atoms with Crippen molar-refractivity contribution in [2.24, 2.45) is 0 Å². The third kappa shape index (κ3) is 3.32. The Balaban J connectivity index is 1.17. The van der Waals surface area contributed by atoms with Crippen molar-refractivity contribution in [1.29, 1.82) is 0 Å². The van der Waals surface area contributed by atoms with E-state index in [4.69, 9.17) is 9.97 Å². The molecule has 5 aromatic heterocycles. The molecule has 0 aliphatic rings. The van der Waals surface area contributed by atoms with Gasteiger partial charge in [-0.3, -0.25) is 4.40 Å². The van der Waals surface area contributed by atoms with Crippen LogP contribution < -0.4 is 0 Å². The average Bonchev–Trinajstić information content (AvgIpc) is 3.89. The minimum absolute atomic E-state index is 0.913. The summed E-state index contributed by atoms with van der Waals surface area (Å²) in [6.45, 7) is 0. The van der Waals surface area contributed by atoms with Crippen LogP contribution in [0.2, 0.25) is 0 Å². The normalized spacial score (nSPS) is 12.5. The Bertz CT molecular complexity index is 3330. The first kappa shape index (κ1) is 25.7. The summed E-state index contributed by atoms with van der Waals surface area (Å²) in [6, 6.07) is 52.6. The Hall–Kier alpha value is -6.30. The summed E-state index contributed by atoms with van der Waals surface area (Å²) in [5.41, 5.74) is 12.1. The number of benzene rings is 7. The van der Waals surface area contributed by atoms with E-state index in [-0.39, 0.29) is 0 Å². The molecule has 0 aliphatic heterocycles. The zero-order valence-electron chi connectivity index (χ0n) is 26.1. The Morgan fingerprint density at radius 3 is 1.96 bits per heavy atom. The van der Waals surface area contributed by atoms with E-state index in [1.165, 1.54) is 80.5 Å². The molecule has 0 aliphatic carbocycles. The number of fused-ring (bicyclic) bond motifs is 14. The van der Waals surface area contributed by atoms with Crippen molar-refractivity contribution in [2.75, 3.05) is 0 Å². The van der Waals surface area contributed by atoms with Crippen LogP contribution in [-0.4, -0.2) is 18.9 Å². The van der Waals surface area contributed by atoms with Gasteiger partial charge in [0.1, 0.15) is 5.52 Å². The lowest BCUT2D eigenvalue weighted by atomic mass is 9.99. The molecule has 0 bridgehead atoms. The van der Waals surface area contributed by atoms with Gasteiger partial charge in [-0.05, 0) is 77.9 Å². The molecule has 0 atom stereocenters. The molecule has 0 unspecified atom stereocenters. The largest absolute Gasteiger partial charge is 0.309 e. The van der Waals surface area contributed by atoms with Gasteiger partial charge in [0.25, 0.3) is 0 Å². The molecule has 0 N–H and O–H groups in total. The summed E-state index contributed by atoms with van der Waals surface area (Å²) in [5, 5.41) is 8.77. The van der Waals surface area contributed by atoms with Crippen LogP contribution in [0.5, 0.6) is 0 Å². The molecular formula is C44H24N4S. The van der Waals surface area contributed by atoms with E-state index < -0.39 is 0 Å². The van der Waals surface area contributed by atoms with Crippen LogP contribution in [0.25, 0.3) is 108 Å². The molecule has 0 fully saturated rings. The first-order chi connectivity index (χ1) is 24.3. The Labute approximate surface area is 283 Å². The molecule has 0 saturated heterocycles. The summed E-state index contributed by atoms with van der Waals surface area (Å²) >= 11 is 1.86. The van der Waals surface area contributed by atoms with Crippen LogP contribution in [-0.2, 0) is 0 Å². The maximum atomic E-state index is 5.26. The van der Waals surface area contributed by atoms with Crippen LogP contribution in [0.1, 0.15) is 0 Å². The number of thiophene rings is 1. The molecule has 12 rings (SSSR count). The van der Waals surface area contributed by atoms with Crippen molar-refractivity contribution in [3.63, 3.8) is 0 Å². The first-order valence-corrected chi connectivity index (χ1v) is 17.4. The minimum Gasteiger partial charge on any atom is -0.309 e. The van der Waals surface area contributed by atoms with Gasteiger partial charge in [-0.25, -0.2) is 9.97 Å². The summed E-state index contributed by atoms with van der Waals surface area (Å²) in [6.07, 6.45) is 0. The SMILES string of the molecule is c1ccc(-n2c3ccccc3c3cc(-c4ccc5c(c4)c4cc6c7ccccc7sc6c6c7nc8ccccc8nc7n5c46)ccc32)cc1. The van der Waals surface area contributed by atoms with Crippen molar-refractivity contribution in [2.45, 2.75) is 0 Å². The molecule has 0 amide bonds. The molecule has 226 valence electrons. The fourth-order valence-electron chi connectivity index (χ4n) is 8.30.